The van der Waals surface area contributed by atoms with Gasteiger partial charge in [-0.3, -0.25) is 0 Å². The Hall–Kier alpha value is -1.68. The van der Waals surface area contributed by atoms with Crippen molar-refractivity contribution in [3.8, 4) is 0 Å². The van der Waals surface area contributed by atoms with Gasteiger partial charge in [0.2, 0.25) is 0 Å². The SMILES string of the molecule is OC1[C@H]2O[C@H]3[C@H](O)[C@@H](O)[C@@H](O[C@H]4[C@H](O)[C@@H](O)[C@@H](O[C@H]5[C@H](O)[C@@H](O)[C@@H](O[C@H]6[C@H](O)[C@@H](O)[C@@H](O[C@H]7[C@H](O)[C@@H](O)[C@@H](O[C@H]8[C@H](O)[C@@H](O)[C@@H](O[C@@H]([C@@H]1O)[C@@H](CNCC1CCCO1)O2)O[C@@H]8CNCC1CCCO1)O[C@@H]7CNCC1CCCO1)O[C@@H]6CNCC1CCCO1)O[C@@H]5CNCC1CCCO1)O[C@@H]4CNCC1CCCO1)O[C@@H]3CNCC1CCCO1. The van der Waals surface area contributed by atoms with Gasteiger partial charge in [-0.1, -0.05) is 0 Å². The van der Waals surface area contributed by atoms with Crippen LogP contribution in [0, 0.1) is 0 Å². The summed E-state index contributed by atoms with van der Waals surface area (Å²) in [4.78, 5) is 0. The summed E-state index contributed by atoms with van der Waals surface area (Å²) in [5, 5.41) is 198. The van der Waals surface area contributed by atoms with E-state index in [2.05, 4.69) is 37.2 Å². The number of hydrogen-bond acceptors (Lipinski definition) is 42. The maximum atomic E-state index is 12.6. The summed E-state index contributed by atoms with van der Waals surface area (Å²) in [6.45, 7) is 4.72. The van der Waals surface area contributed by atoms with Gasteiger partial charge in [0.15, 0.2) is 44.0 Å². The first kappa shape index (κ1) is 92.0. The summed E-state index contributed by atoms with van der Waals surface area (Å²) in [6.07, 6.45) is -52.6. The molecule has 22 fully saturated rings. The fourth-order valence-electron chi connectivity index (χ4n) is 18.9. The molecule has 42 nitrogen and oxygen atoms in total. The number of fused-ring (bicyclic) bond motifs is 7. The van der Waals surface area contributed by atoms with Crippen molar-refractivity contribution in [1.29, 1.82) is 0 Å². The minimum Gasteiger partial charge on any atom is -0.387 e. The van der Waals surface area contributed by atoms with Gasteiger partial charge < -0.3 is 208 Å². The second-order valence-electron chi connectivity index (χ2n) is 34.4. The van der Waals surface area contributed by atoms with E-state index in [1.807, 2.05) is 0 Å². The first-order chi connectivity index (χ1) is 57.8. The van der Waals surface area contributed by atoms with Crippen LogP contribution in [0.1, 0.15) is 89.9 Å². The zero-order valence-corrected chi connectivity index (χ0v) is 67.3. The van der Waals surface area contributed by atoms with Gasteiger partial charge in [-0.25, -0.2) is 0 Å². The largest absolute Gasteiger partial charge is 0.387 e. The average molecular weight is 1720 g/mol. The molecule has 22 saturated heterocycles. The summed E-state index contributed by atoms with van der Waals surface area (Å²) in [5.74, 6) is 0. The van der Waals surface area contributed by atoms with E-state index >= 15 is 0 Å². The number of nitrogens with one attached hydrogen (secondary N) is 7. The number of hydrogen-bond donors (Lipinski definition) is 21. The highest BCUT2D eigenvalue weighted by Crippen LogP contribution is 2.40. The highest BCUT2D eigenvalue weighted by molar-refractivity contribution is 5.04. The van der Waals surface area contributed by atoms with Crippen molar-refractivity contribution in [2.24, 2.45) is 0 Å². The standard InChI is InChI=1S/C77H133N7O35/c85-50-57(92)71-106-43(29-78-22-36-8-1-15-99-36)64(50)113-72-58(93)51(86)66(45(107-72)31-80-24-38-10-3-17-101-38)115-74-60(95)53(88)68(47(109-74)33-82-26-40-12-5-19-103-40)117-76-62(97)55(90)70(49(111-76)35-84-28-42-14-7-21-105-42)119-77-63(98)56(91)69(48(112-77)34-83-27-41-13-6-20-104-41)118-75-61(96)54(89)67(46(110-75)32-81-25-39-11-4-18-102-39)116-73-59(94)52(87)65(114-71)44(108-73)30-79-23-37-9-2-16-100-37/h36-98H,1-35H2/t36?,37?,38?,39?,40?,41?,42?,43-,44-,45-,46-,47-,48-,49-,50-,51-,52-,53-,54-,55-,56-,57-,58-,59-,60-,61-,62-,63?,64-,65-,66-,67-,68-,69-,70-,71-,72-,73-,74-,75-,76-,77-/m1/s1. The molecule has 0 aromatic heterocycles. The number of aliphatic hydroxyl groups excluding tert-OH is 14. The van der Waals surface area contributed by atoms with E-state index < -0.39 is 215 Å². The van der Waals surface area contributed by atoms with Gasteiger partial charge >= 0.3 is 0 Å². The summed E-state index contributed by atoms with van der Waals surface area (Å²) in [6, 6.07) is 0. The Kier molecular flexibility index (Phi) is 34.1. The van der Waals surface area contributed by atoms with Gasteiger partial charge in [0.05, 0.1) is 42.7 Å². The van der Waals surface area contributed by atoms with Crippen LogP contribution in [0.2, 0.25) is 0 Å². The molecular weight excluding hydrogens is 1580 g/mol. The van der Waals surface area contributed by atoms with Crippen molar-refractivity contribution >= 4 is 0 Å². The predicted octanol–water partition coefficient (Wildman–Crippen LogP) is -9.80. The molecular formula is C77H133N7O35. The molecule has 0 spiro atoms. The van der Waals surface area contributed by atoms with Crippen molar-refractivity contribution in [1.82, 2.24) is 37.2 Å². The molecule has 686 valence electrons. The minimum atomic E-state index is -2.05. The van der Waals surface area contributed by atoms with Crippen LogP contribution in [0.4, 0.5) is 0 Å². The van der Waals surface area contributed by atoms with E-state index in [0.29, 0.717) is 92.1 Å². The van der Waals surface area contributed by atoms with Gasteiger partial charge in [0, 0.05) is 138 Å². The molecule has 42 heteroatoms. The minimum absolute atomic E-state index is 0.145. The second kappa shape index (κ2) is 44.1. The van der Waals surface area contributed by atoms with E-state index in [1.54, 1.807) is 0 Å². The lowest BCUT2D eigenvalue weighted by Crippen LogP contribution is -2.69. The molecule has 22 aliphatic heterocycles. The Labute approximate surface area is 691 Å². The molecule has 0 saturated carbocycles. The van der Waals surface area contributed by atoms with Crippen LogP contribution >= 0.6 is 0 Å². The Bertz CT molecular complexity index is 2420. The van der Waals surface area contributed by atoms with Crippen molar-refractivity contribution < 1.29 is 171 Å². The quantitative estimate of drug-likeness (QED) is 0.0346. The summed E-state index contributed by atoms with van der Waals surface area (Å²) in [7, 11) is 0. The molecule has 21 N–H and O–H groups in total. The van der Waals surface area contributed by atoms with Crippen LogP contribution in [0.3, 0.4) is 0 Å². The first-order valence-corrected chi connectivity index (χ1v) is 43.7. The molecule has 0 radical (unpaired) electrons. The lowest BCUT2D eigenvalue weighted by atomic mass is 9.94. The molecule has 42 atom stereocenters. The summed E-state index contributed by atoms with van der Waals surface area (Å²) < 4.78 is 134. The summed E-state index contributed by atoms with van der Waals surface area (Å²) in [5.41, 5.74) is 0. The van der Waals surface area contributed by atoms with Gasteiger partial charge in [0.25, 0.3) is 0 Å². The van der Waals surface area contributed by atoms with Crippen molar-refractivity contribution in [2.75, 3.05) is 138 Å². The first-order valence-electron chi connectivity index (χ1n) is 43.7. The second-order valence-corrected chi connectivity index (χ2v) is 34.4. The van der Waals surface area contributed by atoms with Crippen LogP contribution < -0.4 is 37.2 Å². The van der Waals surface area contributed by atoms with E-state index in [1.165, 1.54) is 0 Å². The molecule has 14 bridgehead atoms. The Morgan fingerprint density at radius 1 is 0.160 bits per heavy atom. The monoisotopic (exact) mass is 1720 g/mol. The fraction of sp³-hybridized carbons (Fsp3) is 1.00. The number of ether oxygens (including phenoxy) is 21. The molecule has 22 rings (SSSR count). The molecule has 119 heavy (non-hydrogen) atoms. The normalized spacial score (nSPS) is 49.1. The lowest BCUT2D eigenvalue weighted by molar-refractivity contribution is -0.392. The molecule has 0 amide bonds. The topological polar surface area (TPSA) is 561 Å². The summed E-state index contributed by atoms with van der Waals surface area (Å²) >= 11 is 0. The Morgan fingerprint density at radius 3 is 0.395 bits per heavy atom. The van der Waals surface area contributed by atoms with Crippen LogP contribution in [0.25, 0.3) is 0 Å². The maximum Gasteiger partial charge on any atom is 0.187 e. The molecule has 0 aromatic rings. The van der Waals surface area contributed by atoms with Gasteiger partial charge in [-0.15, -0.1) is 0 Å². The van der Waals surface area contributed by atoms with Crippen LogP contribution in [-0.2, 0) is 99.5 Å². The molecule has 22 heterocycles. The van der Waals surface area contributed by atoms with Crippen LogP contribution in [-0.4, -0.2) is 467 Å². The third-order valence-corrected chi connectivity index (χ3v) is 25.7. The Morgan fingerprint density at radius 2 is 0.286 bits per heavy atom. The third kappa shape index (κ3) is 23.0. The van der Waals surface area contributed by atoms with Gasteiger partial charge in [0.1, 0.15) is 171 Å². The molecule has 0 aliphatic carbocycles. The van der Waals surface area contributed by atoms with Crippen LogP contribution in [0.15, 0.2) is 0 Å². The van der Waals surface area contributed by atoms with E-state index in [-0.39, 0.29) is 88.5 Å². The van der Waals surface area contributed by atoms with Crippen molar-refractivity contribution in [3.05, 3.63) is 0 Å². The van der Waals surface area contributed by atoms with Gasteiger partial charge in [-0.05, 0) is 89.9 Å². The number of aliphatic hydroxyl groups is 14. The zero-order chi connectivity index (χ0) is 82.8. The molecule has 22 aliphatic rings. The van der Waals surface area contributed by atoms with Crippen LogP contribution in [0.5, 0.6) is 0 Å². The fourth-order valence-corrected chi connectivity index (χ4v) is 18.9. The highest BCUT2D eigenvalue weighted by atomic mass is 16.8. The third-order valence-electron chi connectivity index (χ3n) is 25.7. The maximum absolute atomic E-state index is 12.6. The predicted molar refractivity (Wildman–Crippen MR) is 402 cm³/mol. The Balaban J connectivity index is 0.766. The van der Waals surface area contributed by atoms with Crippen molar-refractivity contribution in [2.45, 2.75) is 348 Å². The lowest BCUT2D eigenvalue weighted by Gasteiger charge is -2.50. The molecule has 8 unspecified atom stereocenters. The highest BCUT2D eigenvalue weighted by Gasteiger charge is 2.60. The van der Waals surface area contributed by atoms with E-state index in [0.717, 1.165) is 89.9 Å². The van der Waals surface area contributed by atoms with Gasteiger partial charge in [-0.2, -0.15) is 0 Å². The number of rotatable bonds is 28. The smallest absolute Gasteiger partial charge is 0.187 e. The zero-order valence-electron chi connectivity index (χ0n) is 67.3. The molecule has 0 aromatic carbocycles. The van der Waals surface area contributed by atoms with Crippen molar-refractivity contribution in [3.63, 3.8) is 0 Å². The van der Waals surface area contributed by atoms with E-state index in [9.17, 15) is 71.5 Å². The van der Waals surface area contributed by atoms with E-state index in [4.69, 9.17) is 99.5 Å². The average Bonchev–Trinajstić information content (AvgIpc) is 1.02.